The fraction of sp³-hybridized carbons (Fsp3) is 0.409. The highest BCUT2D eigenvalue weighted by molar-refractivity contribution is 7.92. The van der Waals surface area contributed by atoms with Crippen LogP contribution in [0.4, 0.5) is 5.69 Å². The molecule has 0 aliphatic heterocycles. The molecule has 0 radical (unpaired) electrons. The van der Waals surface area contributed by atoms with Gasteiger partial charge in [-0.05, 0) is 66.8 Å². The van der Waals surface area contributed by atoms with E-state index < -0.39 is 15.9 Å². The minimum absolute atomic E-state index is 0.255. The zero-order chi connectivity index (χ0) is 22.6. The van der Waals surface area contributed by atoms with Crippen molar-refractivity contribution >= 4 is 33.2 Å². The molecule has 0 heterocycles. The molecule has 8 heteroatoms. The van der Waals surface area contributed by atoms with Crippen LogP contribution in [0.15, 0.2) is 36.4 Å². The number of carbonyl (C=O) groups is 1. The lowest BCUT2D eigenvalue weighted by Gasteiger charge is -2.24. The van der Waals surface area contributed by atoms with Crippen LogP contribution < -0.4 is 14.4 Å². The lowest BCUT2D eigenvalue weighted by molar-refractivity contribution is -0.120. The monoisotopic (exact) mass is 452 g/mol. The molecule has 0 aromatic heterocycles. The summed E-state index contributed by atoms with van der Waals surface area (Å²) >= 11 is 5.99. The van der Waals surface area contributed by atoms with Crippen LogP contribution in [-0.2, 0) is 14.8 Å². The van der Waals surface area contributed by atoms with Gasteiger partial charge in [0.25, 0.3) is 0 Å². The SMILES string of the molecule is COc1cc(C)c([C@@H](C)NC(=O)CN(c2cccc(Cl)c2)S(C)(=O)=O)cc1C(C)C. The highest BCUT2D eigenvalue weighted by Crippen LogP contribution is 2.32. The van der Waals surface area contributed by atoms with Crippen molar-refractivity contribution in [3.63, 3.8) is 0 Å². The van der Waals surface area contributed by atoms with E-state index in [1.54, 1.807) is 25.3 Å². The summed E-state index contributed by atoms with van der Waals surface area (Å²) in [6, 6.07) is 10.1. The molecule has 1 N–H and O–H groups in total. The normalized spacial score (nSPS) is 12.5. The maximum Gasteiger partial charge on any atom is 0.241 e. The van der Waals surface area contributed by atoms with Gasteiger partial charge in [0.05, 0.1) is 25.1 Å². The summed E-state index contributed by atoms with van der Waals surface area (Å²) in [5, 5.41) is 3.30. The highest BCUT2D eigenvalue weighted by atomic mass is 35.5. The van der Waals surface area contributed by atoms with Crippen LogP contribution in [0.1, 0.15) is 49.4 Å². The van der Waals surface area contributed by atoms with Gasteiger partial charge < -0.3 is 10.1 Å². The molecule has 0 bridgehead atoms. The van der Waals surface area contributed by atoms with Crippen LogP contribution in [-0.4, -0.2) is 34.2 Å². The number of benzene rings is 2. The van der Waals surface area contributed by atoms with E-state index in [1.807, 2.05) is 26.0 Å². The van der Waals surface area contributed by atoms with E-state index in [1.165, 1.54) is 6.07 Å². The largest absolute Gasteiger partial charge is 0.496 e. The minimum atomic E-state index is -3.67. The molecule has 0 aliphatic rings. The second-order valence-corrected chi connectivity index (χ2v) is 9.99. The number of carbonyl (C=O) groups excluding carboxylic acids is 1. The van der Waals surface area contributed by atoms with Gasteiger partial charge in [0.2, 0.25) is 15.9 Å². The van der Waals surface area contributed by atoms with Gasteiger partial charge in [0.15, 0.2) is 0 Å². The van der Waals surface area contributed by atoms with E-state index in [0.717, 1.165) is 33.0 Å². The number of halogens is 1. The van der Waals surface area contributed by atoms with Gasteiger partial charge in [0.1, 0.15) is 12.3 Å². The Bertz CT molecular complexity index is 1020. The molecule has 2 rings (SSSR count). The van der Waals surface area contributed by atoms with Crippen LogP contribution in [0.3, 0.4) is 0 Å². The Hall–Kier alpha value is -2.25. The smallest absolute Gasteiger partial charge is 0.241 e. The standard InChI is InChI=1S/C22H29ClN2O4S/c1-14(2)19-12-20(15(3)10-21(19)29-5)16(4)24-22(26)13-25(30(6,27)28)18-9-7-8-17(23)11-18/h7-12,14,16H,13H2,1-6H3,(H,24,26)/t16-/m1/s1. The topological polar surface area (TPSA) is 75.7 Å². The van der Waals surface area contributed by atoms with E-state index in [9.17, 15) is 13.2 Å². The Kier molecular flexibility index (Phi) is 7.77. The molecule has 2 aromatic rings. The van der Waals surface area contributed by atoms with Crippen molar-refractivity contribution in [2.75, 3.05) is 24.2 Å². The Morgan fingerprint density at radius 2 is 1.83 bits per heavy atom. The molecule has 0 saturated carbocycles. The molecular weight excluding hydrogens is 424 g/mol. The third-order valence-corrected chi connectivity index (χ3v) is 6.24. The average molecular weight is 453 g/mol. The number of rotatable bonds is 8. The highest BCUT2D eigenvalue weighted by Gasteiger charge is 2.23. The predicted octanol–water partition coefficient (Wildman–Crippen LogP) is 4.42. The molecule has 0 saturated heterocycles. The first kappa shape index (κ1) is 24.0. The Labute approximate surface area is 184 Å². The zero-order valence-corrected chi connectivity index (χ0v) is 19.8. The first-order valence-electron chi connectivity index (χ1n) is 9.65. The lowest BCUT2D eigenvalue weighted by atomic mass is 9.93. The lowest BCUT2D eigenvalue weighted by Crippen LogP contribution is -2.41. The maximum absolute atomic E-state index is 12.7. The number of hydrogen-bond donors (Lipinski definition) is 1. The molecule has 0 unspecified atom stereocenters. The Morgan fingerprint density at radius 1 is 1.17 bits per heavy atom. The van der Waals surface area contributed by atoms with Crippen molar-refractivity contribution < 1.29 is 17.9 Å². The van der Waals surface area contributed by atoms with E-state index in [4.69, 9.17) is 16.3 Å². The number of nitrogens with zero attached hydrogens (tertiary/aromatic N) is 1. The van der Waals surface area contributed by atoms with Crippen molar-refractivity contribution in [2.24, 2.45) is 0 Å². The van der Waals surface area contributed by atoms with Gasteiger partial charge in [-0.2, -0.15) is 0 Å². The minimum Gasteiger partial charge on any atom is -0.496 e. The molecule has 164 valence electrons. The molecule has 1 atom stereocenters. The summed E-state index contributed by atoms with van der Waals surface area (Å²) in [4.78, 5) is 12.7. The summed E-state index contributed by atoms with van der Waals surface area (Å²) in [6.07, 6.45) is 1.06. The third-order valence-electron chi connectivity index (χ3n) is 4.87. The number of nitrogens with one attached hydrogen (secondary N) is 1. The first-order chi connectivity index (χ1) is 13.9. The van der Waals surface area contributed by atoms with Gasteiger partial charge in [-0.3, -0.25) is 9.10 Å². The number of amides is 1. The van der Waals surface area contributed by atoms with Gasteiger partial charge in [-0.25, -0.2) is 8.42 Å². The number of anilines is 1. The fourth-order valence-corrected chi connectivity index (χ4v) is 4.37. The van der Waals surface area contributed by atoms with Crippen molar-refractivity contribution in [1.82, 2.24) is 5.32 Å². The van der Waals surface area contributed by atoms with E-state index in [0.29, 0.717) is 10.7 Å². The van der Waals surface area contributed by atoms with E-state index in [-0.39, 0.29) is 18.5 Å². The van der Waals surface area contributed by atoms with E-state index in [2.05, 4.69) is 19.2 Å². The van der Waals surface area contributed by atoms with Crippen LogP contribution >= 0.6 is 11.6 Å². The fourth-order valence-electron chi connectivity index (χ4n) is 3.34. The van der Waals surface area contributed by atoms with Gasteiger partial charge in [0, 0.05) is 5.02 Å². The second-order valence-electron chi connectivity index (χ2n) is 7.64. The number of hydrogen-bond acceptors (Lipinski definition) is 4. The molecule has 2 aromatic carbocycles. The molecule has 0 spiro atoms. The molecule has 0 aliphatic carbocycles. The van der Waals surface area contributed by atoms with Gasteiger partial charge in [-0.1, -0.05) is 31.5 Å². The average Bonchev–Trinajstić information content (AvgIpc) is 2.64. The first-order valence-corrected chi connectivity index (χ1v) is 11.9. The molecule has 1 amide bonds. The second kappa shape index (κ2) is 9.71. The summed E-state index contributed by atoms with van der Waals surface area (Å²) < 4.78 is 31.1. The molecular formula is C22H29ClN2O4S. The van der Waals surface area contributed by atoms with Crippen molar-refractivity contribution in [2.45, 2.75) is 39.7 Å². The quantitative estimate of drug-likeness (QED) is 0.643. The number of aryl methyl sites for hydroxylation is 1. The molecule has 30 heavy (non-hydrogen) atoms. The van der Waals surface area contributed by atoms with Gasteiger partial charge >= 0.3 is 0 Å². The molecule has 0 fully saturated rings. The number of ether oxygens (including phenoxy) is 1. The van der Waals surface area contributed by atoms with Crippen molar-refractivity contribution in [3.8, 4) is 5.75 Å². The predicted molar refractivity (Wildman–Crippen MR) is 122 cm³/mol. The third kappa shape index (κ3) is 5.89. The maximum atomic E-state index is 12.7. The summed E-state index contributed by atoms with van der Waals surface area (Å²) in [5.41, 5.74) is 3.34. The molecule has 6 nitrogen and oxygen atoms in total. The van der Waals surface area contributed by atoms with Gasteiger partial charge in [-0.15, -0.1) is 0 Å². The van der Waals surface area contributed by atoms with Crippen molar-refractivity contribution in [1.29, 1.82) is 0 Å². The van der Waals surface area contributed by atoms with Crippen LogP contribution in [0.5, 0.6) is 5.75 Å². The number of sulfonamides is 1. The van der Waals surface area contributed by atoms with Crippen molar-refractivity contribution in [3.05, 3.63) is 58.1 Å². The Morgan fingerprint density at radius 3 is 2.37 bits per heavy atom. The van der Waals surface area contributed by atoms with Crippen LogP contribution in [0.25, 0.3) is 0 Å². The summed E-state index contributed by atoms with van der Waals surface area (Å²) in [7, 11) is -2.03. The zero-order valence-electron chi connectivity index (χ0n) is 18.2. The summed E-state index contributed by atoms with van der Waals surface area (Å²) in [5.74, 6) is 0.661. The summed E-state index contributed by atoms with van der Waals surface area (Å²) in [6.45, 7) is 7.65. The van der Waals surface area contributed by atoms with Crippen LogP contribution in [0.2, 0.25) is 5.02 Å². The Balaban J connectivity index is 2.25. The van der Waals surface area contributed by atoms with Crippen LogP contribution in [0, 0.1) is 6.92 Å². The van der Waals surface area contributed by atoms with E-state index >= 15 is 0 Å². The number of methoxy groups -OCH3 is 1.